The molecule has 1 aliphatic carbocycles. The highest BCUT2D eigenvalue weighted by Crippen LogP contribution is 2.49. The summed E-state index contributed by atoms with van der Waals surface area (Å²) in [5, 5.41) is 38.8. The Labute approximate surface area is 128 Å². The van der Waals surface area contributed by atoms with Gasteiger partial charge in [-0.15, -0.1) is 0 Å². The fourth-order valence-electron chi connectivity index (χ4n) is 2.57. The number of aryl methyl sites for hydroxylation is 1. The van der Waals surface area contributed by atoms with Crippen LogP contribution in [0.1, 0.15) is 37.4 Å². The molecule has 0 saturated carbocycles. The average molecular weight is 321 g/mol. The maximum atomic E-state index is 12.5. The molecule has 0 spiro atoms. The molecule has 6 nitrogen and oxygen atoms in total. The standard InChI is InChI=1S/C15H9ClO6/c1-4-2-5-7(6(17)3-4)12(19)9-8(11(5)18)14(21)15(22)10(16)13(9)20/h2-3,17,20-22H,1H3. The van der Waals surface area contributed by atoms with Crippen LogP contribution in [0.4, 0.5) is 0 Å². The van der Waals surface area contributed by atoms with Gasteiger partial charge in [-0.25, -0.2) is 0 Å². The van der Waals surface area contributed by atoms with Crippen LogP contribution in [-0.2, 0) is 0 Å². The molecule has 7 heteroatoms. The summed E-state index contributed by atoms with van der Waals surface area (Å²) in [6.45, 7) is 1.62. The monoisotopic (exact) mass is 320 g/mol. The van der Waals surface area contributed by atoms with Gasteiger partial charge in [-0.05, 0) is 24.6 Å². The molecular weight excluding hydrogens is 312 g/mol. The first-order valence-electron chi connectivity index (χ1n) is 6.15. The summed E-state index contributed by atoms with van der Waals surface area (Å²) >= 11 is 5.64. The van der Waals surface area contributed by atoms with Gasteiger partial charge in [0, 0.05) is 5.56 Å². The Morgan fingerprint density at radius 2 is 1.41 bits per heavy atom. The lowest BCUT2D eigenvalue weighted by Gasteiger charge is -2.21. The molecule has 22 heavy (non-hydrogen) atoms. The molecule has 0 fully saturated rings. The molecule has 0 radical (unpaired) electrons. The highest BCUT2D eigenvalue weighted by molar-refractivity contribution is 6.38. The fraction of sp³-hybridized carbons (Fsp3) is 0.0667. The van der Waals surface area contributed by atoms with Crippen molar-refractivity contribution in [1.29, 1.82) is 0 Å². The molecule has 1 aliphatic rings. The van der Waals surface area contributed by atoms with Crippen molar-refractivity contribution in [1.82, 2.24) is 0 Å². The van der Waals surface area contributed by atoms with E-state index < -0.39 is 50.7 Å². The molecule has 112 valence electrons. The Bertz CT molecular complexity index is 885. The highest BCUT2D eigenvalue weighted by Gasteiger charge is 2.39. The van der Waals surface area contributed by atoms with Crippen LogP contribution in [0, 0.1) is 6.92 Å². The molecule has 0 unspecified atom stereocenters. The summed E-state index contributed by atoms with van der Waals surface area (Å²) < 4.78 is 0. The molecule has 0 heterocycles. The minimum Gasteiger partial charge on any atom is -0.507 e. The van der Waals surface area contributed by atoms with Crippen molar-refractivity contribution in [3.05, 3.63) is 45.0 Å². The molecule has 0 bridgehead atoms. The molecule has 0 amide bonds. The van der Waals surface area contributed by atoms with Gasteiger partial charge in [0.2, 0.25) is 5.78 Å². The lowest BCUT2D eigenvalue weighted by atomic mass is 9.81. The van der Waals surface area contributed by atoms with Crippen molar-refractivity contribution in [2.24, 2.45) is 0 Å². The highest BCUT2D eigenvalue weighted by atomic mass is 35.5. The Balaban J connectivity index is 2.47. The number of ketones is 2. The molecule has 0 aromatic heterocycles. The van der Waals surface area contributed by atoms with Crippen LogP contribution < -0.4 is 0 Å². The SMILES string of the molecule is Cc1cc(O)c2c(c1)C(=O)c1c(O)c(O)c(Cl)c(O)c1C2=O. The number of benzene rings is 2. The van der Waals surface area contributed by atoms with Crippen LogP contribution in [0.15, 0.2) is 12.1 Å². The minimum absolute atomic E-state index is 0.119. The van der Waals surface area contributed by atoms with Crippen LogP contribution in [0.5, 0.6) is 23.0 Å². The zero-order valence-corrected chi connectivity index (χ0v) is 11.9. The summed E-state index contributed by atoms with van der Waals surface area (Å²) in [7, 11) is 0. The van der Waals surface area contributed by atoms with Gasteiger partial charge in [-0.1, -0.05) is 11.6 Å². The third-order valence-corrected chi connectivity index (χ3v) is 3.91. The number of carbonyl (C=O) groups is 2. The number of rotatable bonds is 0. The molecule has 3 rings (SSSR count). The zero-order valence-electron chi connectivity index (χ0n) is 11.1. The third-order valence-electron chi connectivity index (χ3n) is 3.55. The fourth-order valence-corrected chi connectivity index (χ4v) is 2.75. The molecule has 2 aromatic rings. The van der Waals surface area contributed by atoms with Gasteiger partial charge in [-0.3, -0.25) is 9.59 Å². The molecule has 0 atom stereocenters. The van der Waals surface area contributed by atoms with E-state index >= 15 is 0 Å². The summed E-state index contributed by atoms with van der Waals surface area (Å²) in [4.78, 5) is 25.0. The second-order valence-corrected chi connectivity index (χ2v) is 5.35. The summed E-state index contributed by atoms with van der Waals surface area (Å²) in [6, 6.07) is 2.67. The number of aromatic hydroxyl groups is 4. The molecule has 0 saturated heterocycles. The van der Waals surface area contributed by atoms with Crippen LogP contribution in [0.2, 0.25) is 5.02 Å². The van der Waals surface area contributed by atoms with E-state index in [0.29, 0.717) is 5.56 Å². The van der Waals surface area contributed by atoms with E-state index in [1.54, 1.807) is 6.92 Å². The molecule has 2 aromatic carbocycles. The van der Waals surface area contributed by atoms with Gasteiger partial charge >= 0.3 is 0 Å². The van der Waals surface area contributed by atoms with Gasteiger partial charge in [0.15, 0.2) is 17.3 Å². The summed E-state index contributed by atoms with van der Waals surface area (Å²) in [5.41, 5.74) is -0.951. The Hall–Kier alpha value is -2.73. The molecular formula is C15H9ClO6. The van der Waals surface area contributed by atoms with Crippen LogP contribution in [0.25, 0.3) is 0 Å². The first kappa shape index (κ1) is 14.2. The number of halogens is 1. The predicted molar refractivity (Wildman–Crippen MR) is 76.2 cm³/mol. The van der Waals surface area contributed by atoms with Crippen molar-refractivity contribution < 1.29 is 30.0 Å². The number of hydrogen-bond donors (Lipinski definition) is 4. The van der Waals surface area contributed by atoms with E-state index in [1.807, 2.05) is 0 Å². The van der Waals surface area contributed by atoms with E-state index in [4.69, 9.17) is 11.6 Å². The van der Waals surface area contributed by atoms with Crippen molar-refractivity contribution in [3.8, 4) is 23.0 Å². The third kappa shape index (κ3) is 1.61. The van der Waals surface area contributed by atoms with Gasteiger partial charge in [0.25, 0.3) is 0 Å². The number of phenolic OH excluding ortho intramolecular Hbond substituents is 4. The minimum atomic E-state index is -0.889. The van der Waals surface area contributed by atoms with Crippen molar-refractivity contribution in [2.45, 2.75) is 6.92 Å². The number of phenols is 4. The number of carbonyl (C=O) groups excluding carboxylic acids is 2. The van der Waals surface area contributed by atoms with Crippen molar-refractivity contribution in [3.63, 3.8) is 0 Å². The number of fused-ring (bicyclic) bond motifs is 2. The van der Waals surface area contributed by atoms with E-state index in [9.17, 15) is 30.0 Å². The second kappa shape index (κ2) is 4.38. The Morgan fingerprint density at radius 3 is 2.05 bits per heavy atom. The smallest absolute Gasteiger partial charge is 0.202 e. The van der Waals surface area contributed by atoms with Gasteiger partial charge in [-0.2, -0.15) is 0 Å². The van der Waals surface area contributed by atoms with Crippen LogP contribution in [0.3, 0.4) is 0 Å². The first-order chi connectivity index (χ1) is 10.3. The Morgan fingerprint density at radius 1 is 0.818 bits per heavy atom. The van der Waals surface area contributed by atoms with Crippen LogP contribution in [-0.4, -0.2) is 32.0 Å². The van der Waals surface area contributed by atoms with Gasteiger partial charge < -0.3 is 20.4 Å². The van der Waals surface area contributed by atoms with E-state index in [-0.39, 0.29) is 11.1 Å². The quantitative estimate of drug-likeness (QED) is 0.373. The predicted octanol–water partition coefficient (Wildman–Crippen LogP) is 2.25. The average Bonchev–Trinajstić information content (AvgIpc) is 2.45. The normalized spacial score (nSPS) is 13.0. The summed E-state index contributed by atoms with van der Waals surface area (Å²) in [6.07, 6.45) is 0. The zero-order chi connectivity index (χ0) is 16.3. The largest absolute Gasteiger partial charge is 0.507 e. The van der Waals surface area contributed by atoms with Gasteiger partial charge in [0.05, 0.1) is 16.7 Å². The molecule has 4 N–H and O–H groups in total. The lowest BCUT2D eigenvalue weighted by Crippen LogP contribution is -2.21. The van der Waals surface area contributed by atoms with Crippen molar-refractivity contribution >= 4 is 23.2 Å². The van der Waals surface area contributed by atoms with E-state index in [0.717, 1.165) is 0 Å². The summed E-state index contributed by atoms with van der Waals surface area (Å²) in [5.74, 6) is -4.68. The second-order valence-electron chi connectivity index (χ2n) is 4.97. The maximum Gasteiger partial charge on any atom is 0.202 e. The topological polar surface area (TPSA) is 115 Å². The van der Waals surface area contributed by atoms with Crippen molar-refractivity contribution in [2.75, 3.05) is 0 Å². The first-order valence-corrected chi connectivity index (χ1v) is 6.52. The maximum absolute atomic E-state index is 12.5. The van der Waals surface area contributed by atoms with Crippen LogP contribution >= 0.6 is 11.6 Å². The Kier molecular flexibility index (Phi) is 2.83. The number of hydrogen-bond acceptors (Lipinski definition) is 6. The van der Waals surface area contributed by atoms with Gasteiger partial charge in [0.1, 0.15) is 16.5 Å². The van der Waals surface area contributed by atoms with E-state index in [2.05, 4.69) is 0 Å². The van der Waals surface area contributed by atoms with E-state index in [1.165, 1.54) is 12.1 Å². The lowest BCUT2D eigenvalue weighted by molar-refractivity contribution is 0.0971. The molecule has 0 aliphatic heterocycles.